The third kappa shape index (κ3) is 5.08. The highest BCUT2D eigenvalue weighted by molar-refractivity contribution is 8.18. The van der Waals surface area contributed by atoms with Gasteiger partial charge in [-0.05, 0) is 40.2 Å². The predicted molar refractivity (Wildman–Crippen MR) is 135 cm³/mol. The molecule has 0 saturated carbocycles. The Morgan fingerprint density at radius 1 is 0.971 bits per heavy atom. The van der Waals surface area contributed by atoms with Crippen LogP contribution < -0.4 is 4.74 Å². The summed E-state index contributed by atoms with van der Waals surface area (Å²) in [5.74, 6) is -0.113. The topological polar surface area (TPSA) is 76.2 Å². The molecule has 0 atom stereocenters. The van der Waals surface area contributed by atoms with Crippen molar-refractivity contribution in [3.63, 3.8) is 0 Å². The smallest absolute Gasteiger partial charge is 0.294 e. The zero-order valence-electron chi connectivity index (χ0n) is 19.0. The van der Waals surface area contributed by atoms with Gasteiger partial charge in [0.1, 0.15) is 18.9 Å². The normalized spacial score (nSPS) is 17.4. The van der Waals surface area contributed by atoms with Crippen molar-refractivity contribution in [1.29, 1.82) is 0 Å². The van der Waals surface area contributed by atoms with Gasteiger partial charge in [-0.25, -0.2) is 0 Å². The Bertz CT molecular complexity index is 1310. The molecule has 2 heterocycles. The van der Waals surface area contributed by atoms with E-state index in [9.17, 15) is 14.4 Å². The molecule has 0 N–H and O–H groups in total. The van der Waals surface area contributed by atoms with Crippen LogP contribution in [-0.4, -0.2) is 59.7 Å². The largest absolute Gasteiger partial charge is 0.488 e. The van der Waals surface area contributed by atoms with Crippen molar-refractivity contribution in [3.8, 4) is 5.75 Å². The first-order valence-electron chi connectivity index (χ1n) is 11.4. The summed E-state index contributed by atoms with van der Waals surface area (Å²) in [7, 11) is 0. The van der Waals surface area contributed by atoms with E-state index in [-0.39, 0.29) is 17.4 Å². The number of hydrogen-bond donors (Lipinski definition) is 0. The average molecular weight is 489 g/mol. The molecule has 3 aromatic carbocycles. The first-order chi connectivity index (χ1) is 17.1. The van der Waals surface area contributed by atoms with Gasteiger partial charge >= 0.3 is 0 Å². The van der Waals surface area contributed by atoms with E-state index >= 15 is 0 Å². The van der Waals surface area contributed by atoms with Crippen molar-refractivity contribution in [3.05, 3.63) is 82.8 Å². The molecule has 3 aromatic rings. The molecule has 5 rings (SSSR count). The van der Waals surface area contributed by atoms with Crippen LogP contribution in [0.25, 0.3) is 16.8 Å². The fourth-order valence-corrected chi connectivity index (χ4v) is 4.96. The summed E-state index contributed by atoms with van der Waals surface area (Å²) in [5, 5.41) is 1.82. The SMILES string of the molecule is O=C(CN1C(=O)S/C(=C\c2ccccc2OCc2cccc3ccccc23)C1=O)N1CCOCC1. The molecule has 7 nitrogen and oxygen atoms in total. The lowest BCUT2D eigenvalue weighted by Gasteiger charge is -2.28. The Labute approximate surface area is 207 Å². The van der Waals surface area contributed by atoms with Crippen LogP contribution in [0.4, 0.5) is 4.79 Å². The van der Waals surface area contributed by atoms with E-state index < -0.39 is 11.1 Å². The molecule has 0 bridgehead atoms. The zero-order chi connectivity index (χ0) is 24.2. The summed E-state index contributed by atoms with van der Waals surface area (Å²) < 4.78 is 11.4. The maximum Gasteiger partial charge on any atom is 0.294 e. The van der Waals surface area contributed by atoms with Crippen molar-refractivity contribution < 1.29 is 23.9 Å². The Balaban J connectivity index is 1.31. The molecule has 0 radical (unpaired) electrons. The quantitative estimate of drug-likeness (QED) is 0.481. The van der Waals surface area contributed by atoms with E-state index in [1.54, 1.807) is 11.0 Å². The highest BCUT2D eigenvalue weighted by Crippen LogP contribution is 2.34. The van der Waals surface area contributed by atoms with E-state index in [1.807, 2.05) is 48.5 Å². The van der Waals surface area contributed by atoms with Crippen LogP contribution in [-0.2, 0) is 20.9 Å². The standard InChI is InChI=1S/C27H24N2O5S/c30-25(28-12-14-33-15-13-28)17-29-26(31)24(35-27(29)32)16-20-7-2-4-11-23(20)34-18-21-9-5-8-19-6-1-3-10-22(19)21/h1-11,16H,12-15,17-18H2/b24-16-. The molecule has 35 heavy (non-hydrogen) atoms. The van der Waals surface area contributed by atoms with Crippen LogP contribution in [0.1, 0.15) is 11.1 Å². The minimum atomic E-state index is -0.467. The van der Waals surface area contributed by atoms with Crippen LogP contribution in [0.5, 0.6) is 5.75 Å². The molecule has 178 valence electrons. The number of para-hydroxylation sites is 1. The van der Waals surface area contributed by atoms with Gasteiger partial charge in [0, 0.05) is 18.7 Å². The fourth-order valence-electron chi connectivity index (χ4n) is 4.13. The molecule has 0 aromatic heterocycles. The number of carbonyl (C=O) groups excluding carboxylic acids is 3. The number of fused-ring (bicyclic) bond motifs is 1. The van der Waals surface area contributed by atoms with Gasteiger partial charge in [0.25, 0.3) is 11.1 Å². The summed E-state index contributed by atoms with van der Waals surface area (Å²) in [4.78, 5) is 40.9. The molecule has 0 unspecified atom stereocenters. The Kier molecular flexibility index (Phi) is 6.83. The molecule has 0 aliphatic carbocycles. The van der Waals surface area contributed by atoms with Crippen LogP contribution in [0, 0.1) is 0 Å². The molecule has 3 amide bonds. The number of imide groups is 1. The first kappa shape index (κ1) is 23.1. The van der Waals surface area contributed by atoms with Crippen molar-refractivity contribution >= 4 is 45.7 Å². The second-order valence-electron chi connectivity index (χ2n) is 8.23. The number of hydrogen-bond acceptors (Lipinski definition) is 6. The number of rotatable bonds is 6. The Morgan fingerprint density at radius 3 is 2.57 bits per heavy atom. The molecular weight excluding hydrogens is 464 g/mol. The number of carbonyl (C=O) groups is 3. The summed E-state index contributed by atoms with van der Waals surface area (Å²) in [6.07, 6.45) is 1.66. The van der Waals surface area contributed by atoms with Gasteiger partial charge in [-0.1, -0.05) is 60.7 Å². The minimum absolute atomic E-state index is 0.254. The summed E-state index contributed by atoms with van der Waals surface area (Å²) in [6.45, 7) is 1.95. The van der Waals surface area contributed by atoms with Gasteiger partial charge < -0.3 is 14.4 Å². The van der Waals surface area contributed by atoms with E-state index in [2.05, 4.69) is 18.2 Å². The first-order valence-corrected chi connectivity index (χ1v) is 12.2. The molecule has 2 aliphatic heterocycles. The number of morpholine rings is 1. The Morgan fingerprint density at radius 2 is 1.71 bits per heavy atom. The predicted octanol–water partition coefficient (Wildman–Crippen LogP) is 4.31. The number of amides is 3. The molecule has 2 fully saturated rings. The number of benzene rings is 3. The van der Waals surface area contributed by atoms with Crippen molar-refractivity contribution in [1.82, 2.24) is 9.80 Å². The second-order valence-corrected chi connectivity index (χ2v) is 9.22. The van der Waals surface area contributed by atoms with Crippen LogP contribution >= 0.6 is 11.8 Å². The zero-order valence-corrected chi connectivity index (χ0v) is 19.8. The lowest BCUT2D eigenvalue weighted by atomic mass is 10.1. The van der Waals surface area contributed by atoms with Crippen molar-refractivity contribution in [2.75, 3.05) is 32.8 Å². The van der Waals surface area contributed by atoms with Gasteiger partial charge in [-0.3, -0.25) is 19.3 Å². The van der Waals surface area contributed by atoms with Crippen LogP contribution in [0.2, 0.25) is 0 Å². The van der Waals surface area contributed by atoms with Crippen molar-refractivity contribution in [2.45, 2.75) is 6.61 Å². The average Bonchev–Trinajstić information content (AvgIpc) is 3.16. The van der Waals surface area contributed by atoms with Gasteiger partial charge in [0.05, 0.1) is 18.1 Å². The van der Waals surface area contributed by atoms with Crippen molar-refractivity contribution in [2.24, 2.45) is 0 Å². The summed E-state index contributed by atoms with van der Waals surface area (Å²) >= 11 is 0.838. The summed E-state index contributed by atoms with van der Waals surface area (Å²) in [6, 6.07) is 21.6. The number of nitrogens with zero attached hydrogens (tertiary/aromatic N) is 2. The van der Waals surface area contributed by atoms with E-state index in [1.165, 1.54) is 0 Å². The van der Waals surface area contributed by atoms with Crippen LogP contribution in [0.15, 0.2) is 71.6 Å². The molecule has 2 saturated heterocycles. The number of ether oxygens (including phenoxy) is 2. The highest BCUT2D eigenvalue weighted by atomic mass is 32.2. The van der Waals surface area contributed by atoms with Gasteiger partial charge in [-0.15, -0.1) is 0 Å². The lowest BCUT2D eigenvalue weighted by molar-refractivity contribution is -0.139. The van der Waals surface area contributed by atoms with E-state index in [0.717, 1.165) is 33.0 Å². The number of thioether (sulfide) groups is 1. The molecular formula is C27H24N2O5S. The monoisotopic (exact) mass is 488 g/mol. The maximum absolute atomic E-state index is 13.0. The molecule has 2 aliphatic rings. The maximum atomic E-state index is 13.0. The fraction of sp³-hybridized carbons (Fsp3) is 0.222. The minimum Gasteiger partial charge on any atom is -0.488 e. The highest BCUT2D eigenvalue weighted by Gasteiger charge is 2.37. The van der Waals surface area contributed by atoms with Crippen LogP contribution in [0.3, 0.4) is 0 Å². The Hall–Kier alpha value is -3.62. The molecule has 0 spiro atoms. The van der Waals surface area contributed by atoms with Gasteiger partial charge in [-0.2, -0.15) is 0 Å². The van der Waals surface area contributed by atoms with E-state index in [0.29, 0.717) is 44.2 Å². The van der Waals surface area contributed by atoms with Gasteiger partial charge in [0.2, 0.25) is 5.91 Å². The summed E-state index contributed by atoms with van der Waals surface area (Å²) in [5.41, 5.74) is 1.75. The molecule has 8 heteroatoms. The second kappa shape index (κ2) is 10.3. The lowest BCUT2D eigenvalue weighted by Crippen LogP contribution is -2.46. The van der Waals surface area contributed by atoms with E-state index in [4.69, 9.17) is 9.47 Å². The third-order valence-electron chi connectivity index (χ3n) is 6.00. The third-order valence-corrected chi connectivity index (χ3v) is 6.91. The van der Waals surface area contributed by atoms with Gasteiger partial charge in [0.15, 0.2) is 0 Å².